The molecule has 0 saturated heterocycles. The van der Waals surface area contributed by atoms with Crippen LogP contribution in [0.4, 0.5) is 26.3 Å². The van der Waals surface area contributed by atoms with Gasteiger partial charge < -0.3 is 0 Å². The van der Waals surface area contributed by atoms with Crippen LogP contribution in [0, 0.1) is 0 Å². The first kappa shape index (κ1) is 12.3. The third-order valence-corrected chi connectivity index (χ3v) is 1.39. The highest BCUT2D eigenvalue weighted by atomic mass is 19.3. The van der Waals surface area contributed by atoms with E-state index in [0.717, 1.165) is 0 Å². The number of hydrogen-bond acceptors (Lipinski definition) is 0. The normalized spacial score (nSPS) is 14.1. The number of hydrogen-bond donors (Lipinski definition) is 0. The van der Waals surface area contributed by atoms with Gasteiger partial charge in [-0.1, -0.05) is 13.3 Å². The van der Waals surface area contributed by atoms with Crippen molar-refractivity contribution in [1.82, 2.24) is 0 Å². The average molecular weight is 206 g/mol. The van der Waals surface area contributed by atoms with Gasteiger partial charge in [-0.15, -0.1) is 0 Å². The van der Waals surface area contributed by atoms with Crippen LogP contribution in [0.5, 0.6) is 0 Å². The Morgan fingerprint density at radius 3 is 2.00 bits per heavy atom. The van der Waals surface area contributed by atoms with Crippen LogP contribution >= 0.6 is 0 Å². The summed E-state index contributed by atoms with van der Waals surface area (Å²) >= 11 is 0. The molecule has 0 nitrogen and oxygen atoms in total. The summed E-state index contributed by atoms with van der Waals surface area (Å²) in [6, 6.07) is 0. The summed E-state index contributed by atoms with van der Waals surface area (Å²) in [6.07, 6.45) is -6.71. The Hall–Kier alpha value is -0.680. The van der Waals surface area contributed by atoms with Crippen molar-refractivity contribution in [2.75, 3.05) is 0 Å². The van der Waals surface area contributed by atoms with Crippen molar-refractivity contribution in [3.63, 3.8) is 0 Å². The number of halogens is 6. The Morgan fingerprint density at radius 2 is 1.69 bits per heavy atom. The van der Waals surface area contributed by atoms with E-state index in [1.165, 1.54) is 6.92 Å². The van der Waals surface area contributed by atoms with E-state index in [0.29, 0.717) is 0 Å². The van der Waals surface area contributed by atoms with Crippen LogP contribution in [0.3, 0.4) is 0 Å². The van der Waals surface area contributed by atoms with Gasteiger partial charge in [0, 0.05) is 0 Å². The molecule has 0 radical (unpaired) electrons. The van der Waals surface area contributed by atoms with Crippen molar-refractivity contribution in [1.29, 1.82) is 0 Å². The van der Waals surface area contributed by atoms with Crippen LogP contribution in [0.25, 0.3) is 0 Å². The van der Waals surface area contributed by atoms with E-state index in [-0.39, 0.29) is 6.42 Å². The molecule has 0 aliphatic carbocycles. The van der Waals surface area contributed by atoms with Gasteiger partial charge >= 0.3 is 12.0 Å². The van der Waals surface area contributed by atoms with Crippen LogP contribution in [0.1, 0.15) is 19.8 Å². The van der Waals surface area contributed by atoms with Crippen molar-refractivity contribution < 1.29 is 26.3 Å². The minimum Gasteiger partial charge on any atom is -0.240 e. The maximum atomic E-state index is 12.4. The zero-order valence-electron chi connectivity index (χ0n) is 6.76. The molecule has 0 spiro atoms. The SMILES string of the molecule is CCCC(F)C(F)(F)C(F)=C(F)F. The molecule has 1 unspecified atom stereocenters. The molecule has 0 aliphatic rings. The molecule has 0 heterocycles. The molecule has 13 heavy (non-hydrogen) atoms. The third-order valence-electron chi connectivity index (χ3n) is 1.39. The topological polar surface area (TPSA) is 0 Å². The summed E-state index contributed by atoms with van der Waals surface area (Å²) in [7, 11) is 0. The molecule has 0 aromatic rings. The Bertz CT molecular complexity index is 193. The second kappa shape index (κ2) is 4.53. The summed E-state index contributed by atoms with van der Waals surface area (Å²) in [5.41, 5.74) is 0. The Labute approximate surface area is 71.2 Å². The maximum Gasteiger partial charge on any atom is 0.334 e. The predicted molar refractivity (Wildman–Crippen MR) is 35.1 cm³/mol. The lowest BCUT2D eigenvalue weighted by molar-refractivity contribution is -0.0629. The molecule has 0 aromatic carbocycles. The first-order valence-electron chi connectivity index (χ1n) is 3.57. The zero-order valence-corrected chi connectivity index (χ0v) is 6.76. The lowest BCUT2D eigenvalue weighted by atomic mass is 10.1. The van der Waals surface area contributed by atoms with Gasteiger partial charge in [-0.2, -0.15) is 22.0 Å². The van der Waals surface area contributed by atoms with Crippen LogP contribution in [0.2, 0.25) is 0 Å². The van der Waals surface area contributed by atoms with E-state index in [4.69, 9.17) is 0 Å². The third kappa shape index (κ3) is 2.93. The molecule has 0 rings (SSSR count). The smallest absolute Gasteiger partial charge is 0.240 e. The summed E-state index contributed by atoms with van der Waals surface area (Å²) in [6.45, 7) is 1.39. The molecule has 0 amide bonds. The highest BCUT2D eigenvalue weighted by Crippen LogP contribution is 2.35. The molecule has 0 aromatic heterocycles. The quantitative estimate of drug-likeness (QED) is 0.613. The molecule has 1 atom stereocenters. The fourth-order valence-corrected chi connectivity index (χ4v) is 0.698. The fourth-order valence-electron chi connectivity index (χ4n) is 0.698. The van der Waals surface area contributed by atoms with E-state index in [9.17, 15) is 26.3 Å². The Kier molecular flexibility index (Phi) is 4.29. The van der Waals surface area contributed by atoms with E-state index >= 15 is 0 Å². The number of alkyl halides is 3. The molecule has 0 saturated carbocycles. The summed E-state index contributed by atoms with van der Waals surface area (Å²) in [5.74, 6) is -7.69. The monoisotopic (exact) mass is 206 g/mol. The molecule has 6 heteroatoms. The molecule has 0 bridgehead atoms. The van der Waals surface area contributed by atoms with Gasteiger partial charge in [0.2, 0.25) is 5.83 Å². The van der Waals surface area contributed by atoms with Crippen molar-refractivity contribution in [2.24, 2.45) is 0 Å². The predicted octanol–water partition coefficient (Wildman–Crippen LogP) is 3.84. The van der Waals surface area contributed by atoms with Crippen LogP contribution < -0.4 is 0 Å². The lowest BCUT2D eigenvalue weighted by Crippen LogP contribution is -2.31. The summed E-state index contributed by atoms with van der Waals surface area (Å²) < 4.78 is 71.9. The number of rotatable bonds is 4. The Balaban J connectivity index is 4.65. The van der Waals surface area contributed by atoms with Gasteiger partial charge in [0.1, 0.15) is 0 Å². The lowest BCUT2D eigenvalue weighted by Gasteiger charge is -2.17. The molecular weight excluding hydrogens is 198 g/mol. The largest absolute Gasteiger partial charge is 0.334 e. The first-order chi connectivity index (χ1) is 5.84. The van der Waals surface area contributed by atoms with E-state index < -0.39 is 30.4 Å². The minimum atomic E-state index is -4.71. The summed E-state index contributed by atoms with van der Waals surface area (Å²) in [4.78, 5) is 0. The molecule has 78 valence electrons. The highest BCUT2D eigenvalue weighted by molar-refractivity contribution is 5.07. The van der Waals surface area contributed by atoms with Crippen molar-refractivity contribution in [2.45, 2.75) is 31.9 Å². The standard InChI is InChI=1S/C7H8F6/c1-2-3-4(8)7(12,13)5(9)6(10)11/h4H,2-3H2,1H3. The fraction of sp³-hybridized carbons (Fsp3) is 0.714. The van der Waals surface area contributed by atoms with Crippen molar-refractivity contribution in [3.05, 3.63) is 11.9 Å². The van der Waals surface area contributed by atoms with E-state index in [1.54, 1.807) is 0 Å². The second-order valence-electron chi connectivity index (χ2n) is 2.45. The molecule has 0 fully saturated rings. The second-order valence-corrected chi connectivity index (χ2v) is 2.45. The summed E-state index contributed by atoms with van der Waals surface area (Å²) in [5, 5.41) is 0. The molecule has 0 aliphatic heterocycles. The Morgan fingerprint density at radius 1 is 1.23 bits per heavy atom. The van der Waals surface area contributed by atoms with Gasteiger partial charge in [0.25, 0.3) is 0 Å². The molecule has 0 N–H and O–H groups in total. The van der Waals surface area contributed by atoms with Gasteiger partial charge in [-0.05, 0) is 6.42 Å². The van der Waals surface area contributed by atoms with Crippen LogP contribution in [-0.2, 0) is 0 Å². The van der Waals surface area contributed by atoms with Gasteiger partial charge in [-0.25, -0.2) is 4.39 Å². The van der Waals surface area contributed by atoms with Crippen LogP contribution in [0.15, 0.2) is 11.9 Å². The van der Waals surface area contributed by atoms with Crippen LogP contribution in [-0.4, -0.2) is 12.1 Å². The van der Waals surface area contributed by atoms with Gasteiger partial charge in [-0.3, -0.25) is 0 Å². The average Bonchev–Trinajstić information content (AvgIpc) is 2.03. The maximum absolute atomic E-state index is 12.4. The minimum absolute atomic E-state index is 0.0257. The highest BCUT2D eigenvalue weighted by Gasteiger charge is 2.47. The first-order valence-corrected chi connectivity index (χ1v) is 3.57. The zero-order chi connectivity index (χ0) is 10.6. The molecular formula is C7H8F6. The van der Waals surface area contributed by atoms with E-state index in [2.05, 4.69) is 0 Å². The van der Waals surface area contributed by atoms with Crippen molar-refractivity contribution >= 4 is 0 Å². The number of allylic oxidation sites excluding steroid dienone is 1. The van der Waals surface area contributed by atoms with Gasteiger partial charge in [0.05, 0.1) is 0 Å². The van der Waals surface area contributed by atoms with E-state index in [1.807, 2.05) is 0 Å². The van der Waals surface area contributed by atoms with Gasteiger partial charge in [0.15, 0.2) is 6.17 Å². The van der Waals surface area contributed by atoms with Crippen molar-refractivity contribution in [3.8, 4) is 0 Å².